The van der Waals surface area contributed by atoms with E-state index in [4.69, 9.17) is 4.74 Å². The molecule has 2 aliphatic heterocycles. The minimum atomic E-state index is -0.180. The standard InChI is InChI=1S/C18H24N2O3/c1-19-12-15(11-17(19)21)18(22)20-9-10-23-16(13-20)8-7-14-5-3-2-4-6-14/h2-6,15-16H,7-13H2,1H3. The Bertz CT molecular complexity index is 561. The SMILES string of the molecule is CN1CC(C(=O)N2CCOC(CCc3ccccc3)C2)CC1=O. The molecule has 2 fully saturated rings. The highest BCUT2D eigenvalue weighted by Crippen LogP contribution is 2.21. The number of nitrogens with zero attached hydrogens (tertiary/aromatic N) is 2. The Morgan fingerprint density at radius 1 is 1.26 bits per heavy atom. The van der Waals surface area contributed by atoms with Crippen molar-refractivity contribution in [2.45, 2.75) is 25.4 Å². The van der Waals surface area contributed by atoms with Crippen LogP contribution in [0.5, 0.6) is 0 Å². The van der Waals surface area contributed by atoms with Crippen LogP contribution in [-0.4, -0.2) is 61.0 Å². The molecule has 2 amide bonds. The van der Waals surface area contributed by atoms with Crippen LogP contribution in [0.25, 0.3) is 0 Å². The van der Waals surface area contributed by atoms with E-state index in [-0.39, 0.29) is 23.8 Å². The van der Waals surface area contributed by atoms with Crippen molar-refractivity contribution in [3.63, 3.8) is 0 Å². The zero-order valence-corrected chi connectivity index (χ0v) is 13.6. The summed E-state index contributed by atoms with van der Waals surface area (Å²) in [5, 5.41) is 0. The van der Waals surface area contributed by atoms with Gasteiger partial charge in [-0.05, 0) is 18.4 Å². The lowest BCUT2D eigenvalue weighted by molar-refractivity contribution is -0.143. The monoisotopic (exact) mass is 316 g/mol. The Hall–Kier alpha value is -1.88. The number of amides is 2. The second-order valence-electron chi connectivity index (χ2n) is 6.48. The van der Waals surface area contributed by atoms with Gasteiger partial charge in [-0.25, -0.2) is 0 Å². The fourth-order valence-electron chi connectivity index (χ4n) is 3.35. The first-order chi connectivity index (χ1) is 11.1. The Labute approximate surface area is 137 Å². The van der Waals surface area contributed by atoms with Crippen molar-refractivity contribution in [3.05, 3.63) is 35.9 Å². The molecule has 1 aromatic carbocycles. The lowest BCUT2D eigenvalue weighted by Gasteiger charge is -2.34. The molecule has 0 aromatic heterocycles. The van der Waals surface area contributed by atoms with E-state index in [0.29, 0.717) is 32.7 Å². The van der Waals surface area contributed by atoms with Gasteiger partial charge in [0.2, 0.25) is 11.8 Å². The van der Waals surface area contributed by atoms with Gasteiger partial charge in [-0.2, -0.15) is 0 Å². The summed E-state index contributed by atoms with van der Waals surface area (Å²) >= 11 is 0. The Morgan fingerprint density at radius 2 is 2.04 bits per heavy atom. The van der Waals surface area contributed by atoms with Crippen LogP contribution in [-0.2, 0) is 20.7 Å². The number of carbonyl (C=O) groups is 2. The minimum Gasteiger partial charge on any atom is -0.375 e. The third kappa shape index (κ3) is 3.91. The van der Waals surface area contributed by atoms with E-state index >= 15 is 0 Å². The van der Waals surface area contributed by atoms with Gasteiger partial charge < -0.3 is 14.5 Å². The van der Waals surface area contributed by atoms with Crippen molar-refractivity contribution in [2.24, 2.45) is 5.92 Å². The van der Waals surface area contributed by atoms with Gasteiger partial charge in [0.05, 0.1) is 18.6 Å². The first-order valence-electron chi connectivity index (χ1n) is 8.32. The number of hydrogen-bond acceptors (Lipinski definition) is 3. The molecule has 2 saturated heterocycles. The van der Waals surface area contributed by atoms with Crippen LogP contribution in [0.1, 0.15) is 18.4 Å². The lowest BCUT2D eigenvalue weighted by atomic mass is 10.0. The predicted octanol–water partition coefficient (Wildman–Crippen LogP) is 1.32. The number of aryl methyl sites for hydroxylation is 1. The number of carbonyl (C=O) groups excluding carboxylic acids is 2. The molecule has 0 N–H and O–H groups in total. The molecule has 2 aliphatic rings. The van der Waals surface area contributed by atoms with Gasteiger partial charge in [-0.15, -0.1) is 0 Å². The van der Waals surface area contributed by atoms with Crippen LogP contribution in [0.4, 0.5) is 0 Å². The molecular formula is C18H24N2O3. The molecule has 0 radical (unpaired) electrons. The average Bonchev–Trinajstić information content (AvgIpc) is 2.92. The van der Waals surface area contributed by atoms with Gasteiger partial charge in [0.25, 0.3) is 0 Å². The zero-order chi connectivity index (χ0) is 16.2. The molecule has 0 saturated carbocycles. The highest BCUT2D eigenvalue weighted by Gasteiger charge is 2.36. The topological polar surface area (TPSA) is 49.9 Å². The van der Waals surface area contributed by atoms with E-state index in [1.54, 1.807) is 11.9 Å². The van der Waals surface area contributed by atoms with Gasteiger partial charge >= 0.3 is 0 Å². The maximum absolute atomic E-state index is 12.6. The summed E-state index contributed by atoms with van der Waals surface area (Å²) in [6, 6.07) is 10.3. The molecule has 2 unspecified atom stereocenters. The van der Waals surface area contributed by atoms with Gasteiger partial charge in [0.15, 0.2) is 0 Å². The average molecular weight is 316 g/mol. The molecule has 5 heteroatoms. The van der Waals surface area contributed by atoms with Gasteiger partial charge in [0, 0.05) is 33.1 Å². The normalized spacial score (nSPS) is 25.0. The highest BCUT2D eigenvalue weighted by molar-refractivity contribution is 5.89. The molecule has 2 heterocycles. The minimum absolute atomic E-state index is 0.0669. The molecule has 23 heavy (non-hydrogen) atoms. The molecular weight excluding hydrogens is 292 g/mol. The van der Waals surface area contributed by atoms with Crippen molar-refractivity contribution < 1.29 is 14.3 Å². The van der Waals surface area contributed by atoms with Crippen LogP contribution >= 0.6 is 0 Å². The third-order valence-electron chi connectivity index (χ3n) is 4.74. The highest BCUT2D eigenvalue weighted by atomic mass is 16.5. The van der Waals surface area contributed by atoms with E-state index in [2.05, 4.69) is 12.1 Å². The fraction of sp³-hybridized carbons (Fsp3) is 0.556. The van der Waals surface area contributed by atoms with Crippen LogP contribution in [0.2, 0.25) is 0 Å². The smallest absolute Gasteiger partial charge is 0.228 e. The van der Waals surface area contributed by atoms with Crippen LogP contribution < -0.4 is 0 Å². The Morgan fingerprint density at radius 3 is 2.74 bits per heavy atom. The van der Waals surface area contributed by atoms with Gasteiger partial charge in [-0.3, -0.25) is 9.59 Å². The van der Waals surface area contributed by atoms with Crippen molar-refractivity contribution in [2.75, 3.05) is 33.3 Å². The summed E-state index contributed by atoms with van der Waals surface area (Å²) in [6.07, 6.45) is 2.30. The van der Waals surface area contributed by atoms with Crippen molar-refractivity contribution in [1.82, 2.24) is 9.80 Å². The van der Waals surface area contributed by atoms with Crippen LogP contribution in [0.15, 0.2) is 30.3 Å². The first-order valence-corrected chi connectivity index (χ1v) is 8.32. The fourth-order valence-corrected chi connectivity index (χ4v) is 3.35. The molecule has 5 nitrogen and oxygen atoms in total. The van der Waals surface area contributed by atoms with Crippen LogP contribution in [0, 0.1) is 5.92 Å². The summed E-state index contributed by atoms with van der Waals surface area (Å²) < 4.78 is 5.81. The number of benzene rings is 1. The van der Waals surface area contributed by atoms with Gasteiger partial charge in [0.1, 0.15) is 0 Å². The molecule has 1 aromatic rings. The third-order valence-corrected chi connectivity index (χ3v) is 4.74. The Kier molecular flexibility index (Phi) is 4.96. The Balaban J connectivity index is 1.52. The maximum atomic E-state index is 12.6. The van der Waals surface area contributed by atoms with Crippen molar-refractivity contribution in [1.29, 1.82) is 0 Å². The van der Waals surface area contributed by atoms with Crippen molar-refractivity contribution >= 4 is 11.8 Å². The molecule has 124 valence electrons. The van der Waals surface area contributed by atoms with E-state index in [1.165, 1.54) is 5.56 Å². The molecule has 3 rings (SSSR count). The summed E-state index contributed by atoms with van der Waals surface area (Å²) in [7, 11) is 1.76. The number of hydrogen-bond donors (Lipinski definition) is 0. The predicted molar refractivity (Wildman–Crippen MR) is 86.8 cm³/mol. The number of rotatable bonds is 4. The first kappa shape index (κ1) is 16.0. The van der Waals surface area contributed by atoms with Gasteiger partial charge in [-0.1, -0.05) is 30.3 Å². The van der Waals surface area contributed by atoms with Crippen LogP contribution in [0.3, 0.4) is 0 Å². The second-order valence-corrected chi connectivity index (χ2v) is 6.48. The van der Waals surface area contributed by atoms with E-state index < -0.39 is 0 Å². The second kappa shape index (κ2) is 7.13. The summed E-state index contributed by atoms with van der Waals surface area (Å²) in [5.41, 5.74) is 1.29. The zero-order valence-electron chi connectivity index (χ0n) is 13.6. The lowest BCUT2D eigenvalue weighted by Crippen LogP contribution is -2.48. The maximum Gasteiger partial charge on any atom is 0.228 e. The summed E-state index contributed by atoms with van der Waals surface area (Å²) in [4.78, 5) is 27.8. The summed E-state index contributed by atoms with van der Waals surface area (Å²) in [6.45, 7) is 2.40. The van der Waals surface area contributed by atoms with E-state index in [9.17, 15) is 9.59 Å². The van der Waals surface area contributed by atoms with E-state index in [0.717, 1.165) is 12.8 Å². The quantitative estimate of drug-likeness (QED) is 0.842. The molecule has 0 bridgehead atoms. The number of morpholine rings is 1. The molecule has 2 atom stereocenters. The largest absolute Gasteiger partial charge is 0.375 e. The van der Waals surface area contributed by atoms with Crippen molar-refractivity contribution in [3.8, 4) is 0 Å². The number of likely N-dealkylation sites (tertiary alicyclic amines) is 1. The number of ether oxygens (including phenoxy) is 1. The molecule has 0 spiro atoms. The molecule has 0 aliphatic carbocycles. The van der Waals surface area contributed by atoms with E-state index in [1.807, 2.05) is 23.1 Å². The summed E-state index contributed by atoms with van der Waals surface area (Å²) in [5.74, 6) is -0.00618.